The zero-order valence-corrected chi connectivity index (χ0v) is 12.7. The van der Waals surface area contributed by atoms with Gasteiger partial charge >= 0.3 is 0 Å². The summed E-state index contributed by atoms with van der Waals surface area (Å²) in [5.41, 5.74) is 1.21. The van der Waals surface area contributed by atoms with Crippen LogP contribution in [0.25, 0.3) is 0 Å². The first-order valence-electron chi connectivity index (χ1n) is 5.76. The van der Waals surface area contributed by atoms with Crippen molar-refractivity contribution in [1.82, 2.24) is 5.32 Å². The number of nitrogens with one attached hydrogen (secondary N) is 1. The van der Waals surface area contributed by atoms with E-state index in [4.69, 9.17) is 0 Å². The number of likely N-dealkylation sites (N-methyl/N-ethyl adjacent to an activating group) is 1. The number of hydrogen-bond donors (Lipinski definition) is 1. The number of nitro benzene ring substituents is 1. The van der Waals surface area contributed by atoms with Crippen LogP contribution in [0, 0.1) is 10.1 Å². The molecule has 0 aliphatic rings. The minimum atomic E-state index is -0.379. The van der Waals surface area contributed by atoms with Crippen LogP contribution in [0.5, 0.6) is 0 Å². The number of nitro groups is 1. The summed E-state index contributed by atoms with van der Waals surface area (Å²) in [4.78, 5) is 11.5. The molecule has 4 nitrogen and oxygen atoms in total. The number of rotatable bonds is 5. The second kappa shape index (κ2) is 6.27. The van der Waals surface area contributed by atoms with E-state index in [1.807, 2.05) is 25.2 Å². The molecular formula is C13H13BrN2O2S. The molecule has 0 aliphatic carbocycles. The lowest BCUT2D eigenvalue weighted by atomic mass is 10.0. The second-order valence-corrected chi connectivity index (χ2v) is 6.61. The Hall–Kier alpha value is -1.24. The highest BCUT2D eigenvalue weighted by molar-refractivity contribution is 9.11. The van der Waals surface area contributed by atoms with Crippen LogP contribution < -0.4 is 5.32 Å². The Labute approximate surface area is 123 Å². The molecule has 6 heteroatoms. The molecule has 1 heterocycles. The highest BCUT2D eigenvalue weighted by Crippen LogP contribution is 2.29. The van der Waals surface area contributed by atoms with Crippen molar-refractivity contribution in [2.45, 2.75) is 12.5 Å². The summed E-state index contributed by atoms with van der Waals surface area (Å²) in [6.45, 7) is 0. The third-order valence-electron chi connectivity index (χ3n) is 2.87. The van der Waals surface area contributed by atoms with Gasteiger partial charge < -0.3 is 5.32 Å². The molecule has 100 valence electrons. The van der Waals surface area contributed by atoms with E-state index in [1.54, 1.807) is 23.5 Å². The fourth-order valence-corrected chi connectivity index (χ4v) is 3.38. The molecule has 2 aromatic rings. The van der Waals surface area contributed by atoms with Crippen LogP contribution >= 0.6 is 27.3 Å². The van der Waals surface area contributed by atoms with Crippen LogP contribution in [0.3, 0.4) is 0 Å². The topological polar surface area (TPSA) is 55.2 Å². The maximum absolute atomic E-state index is 10.6. The van der Waals surface area contributed by atoms with E-state index in [1.165, 1.54) is 4.88 Å². The number of hydrogen-bond acceptors (Lipinski definition) is 4. The van der Waals surface area contributed by atoms with Crippen LogP contribution in [-0.2, 0) is 6.42 Å². The molecule has 19 heavy (non-hydrogen) atoms. The normalized spacial score (nSPS) is 12.3. The van der Waals surface area contributed by atoms with Gasteiger partial charge in [0.25, 0.3) is 5.69 Å². The maximum Gasteiger partial charge on any atom is 0.269 e. The monoisotopic (exact) mass is 340 g/mol. The summed E-state index contributed by atoms with van der Waals surface area (Å²) in [6.07, 6.45) is 0.807. The second-order valence-electron chi connectivity index (χ2n) is 4.11. The molecule has 1 aromatic heterocycles. The van der Waals surface area contributed by atoms with Crippen molar-refractivity contribution in [3.05, 3.63) is 60.7 Å². The maximum atomic E-state index is 10.6. The minimum Gasteiger partial charge on any atom is -0.312 e. The molecule has 0 aliphatic heterocycles. The Morgan fingerprint density at radius 2 is 2.00 bits per heavy atom. The van der Waals surface area contributed by atoms with Crippen molar-refractivity contribution in [3.8, 4) is 0 Å². The quantitative estimate of drug-likeness (QED) is 0.662. The van der Waals surface area contributed by atoms with Crippen LogP contribution in [-0.4, -0.2) is 12.0 Å². The van der Waals surface area contributed by atoms with Crippen molar-refractivity contribution in [1.29, 1.82) is 0 Å². The Kier molecular flexibility index (Phi) is 4.68. The van der Waals surface area contributed by atoms with Gasteiger partial charge in [0.2, 0.25) is 0 Å². The van der Waals surface area contributed by atoms with E-state index in [9.17, 15) is 10.1 Å². The molecular weight excluding hydrogens is 328 g/mol. The predicted molar refractivity (Wildman–Crippen MR) is 80.6 cm³/mol. The number of halogens is 1. The first kappa shape index (κ1) is 14.2. The molecule has 2 rings (SSSR count). The highest BCUT2D eigenvalue weighted by atomic mass is 79.9. The molecule has 0 amide bonds. The first-order chi connectivity index (χ1) is 9.10. The Bertz CT molecular complexity index is 568. The Balaban J connectivity index is 2.12. The average molecular weight is 341 g/mol. The summed E-state index contributed by atoms with van der Waals surface area (Å²) in [5.74, 6) is 0. The van der Waals surface area contributed by atoms with Gasteiger partial charge in [0, 0.05) is 23.1 Å². The molecule has 1 aromatic carbocycles. The van der Waals surface area contributed by atoms with E-state index in [0.717, 1.165) is 15.8 Å². The minimum absolute atomic E-state index is 0.128. The fraction of sp³-hybridized carbons (Fsp3) is 0.231. The largest absolute Gasteiger partial charge is 0.312 e. The summed E-state index contributed by atoms with van der Waals surface area (Å²) >= 11 is 5.15. The van der Waals surface area contributed by atoms with Gasteiger partial charge in [-0.05, 0) is 47.1 Å². The number of non-ortho nitro benzene ring substituents is 1. The number of thiophene rings is 1. The van der Waals surface area contributed by atoms with E-state index < -0.39 is 0 Å². The van der Waals surface area contributed by atoms with Gasteiger partial charge in [0.05, 0.1) is 8.71 Å². The average Bonchev–Trinajstić information content (AvgIpc) is 2.83. The van der Waals surface area contributed by atoms with Gasteiger partial charge in [-0.1, -0.05) is 12.1 Å². The SMILES string of the molecule is CNC(Cc1ccc([N+](=O)[O-])cc1)c1ccc(Br)s1. The first-order valence-corrected chi connectivity index (χ1v) is 7.37. The molecule has 0 fully saturated rings. The number of nitrogens with zero attached hydrogens (tertiary/aromatic N) is 1. The molecule has 0 saturated carbocycles. The molecule has 0 radical (unpaired) electrons. The Morgan fingerprint density at radius 1 is 1.32 bits per heavy atom. The molecule has 0 saturated heterocycles. The van der Waals surface area contributed by atoms with E-state index in [2.05, 4.69) is 27.3 Å². The molecule has 1 unspecified atom stereocenters. The summed E-state index contributed by atoms with van der Waals surface area (Å²) in [5, 5.41) is 13.9. The van der Waals surface area contributed by atoms with Crippen molar-refractivity contribution >= 4 is 33.0 Å². The lowest BCUT2D eigenvalue weighted by Crippen LogP contribution is -2.17. The Morgan fingerprint density at radius 3 is 2.47 bits per heavy atom. The van der Waals surface area contributed by atoms with Crippen LogP contribution in [0.2, 0.25) is 0 Å². The van der Waals surface area contributed by atoms with Gasteiger partial charge in [0.1, 0.15) is 0 Å². The third kappa shape index (κ3) is 3.62. The van der Waals surface area contributed by atoms with Gasteiger partial charge in [-0.2, -0.15) is 0 Å². The van der Waals surface area contributed by atoms with Crippen molar-refractivity contribution in [3.63, 3.8) is 0 Å². The van der Waals surface area contributed by atoms with E-state index in [-0.39, 0.29) is 16.7 Å². The molecule has 0 spiro atoms. The van der Waals surface area contributed by atoms with Crippen LogP contribution in [0.1, 0.15) is 16.5 Å². The lowest BCUT2D eigenvalue weighted by molar-refractivity contribution is -0.384. The summed E-state index contributed by atoms with van der Waals surface area (Å²) in [7, 11) is 1.92. The number of benzene rings is 1. The smallest absolute Gasteiger partial charge is 0.269 e. The third-order valence-corrected chi connectivity index (χ3v) is 4.61. The van der Waals surface area contributed by atoms with Crippen molar-refractivity contribution < 1.29 is 4.92 Å². The fourth-order valence-electron chi connectivity index (χ4n) is 1.85. The van der Waals surface area contributed by atoms with Crippen molar-refractivity contribution in [2.24, 2.45) is 0 Å². The predicted octanol–water partition coefficient (Wildman–Crippen LogP) is 3.92. The van der Waals surface area contributed by atoms with E-state index in [0.29, 0.717) is 0 Å². The molecule has 1 N–H and O–H groups in total. The molecule has 0 bridgehead atoms. The van der Waals surface area contributed by atoms with Gasteiger partial charge in [-0.15, -0.1) is 11.3 Å². The van der Waals surface area contributed by atoms with Gasteiger partial charge in [0.15, 0.2) is 0 Å². The van der Waals surface area contributed by atoms with Crippen molar-refractivity contribution in [2.75, 3.05) is 7.05 Å². The molecule has 1 atom stereocenters. The standard InChI is InChI=1S/C13H13BrN2O2S/c1-15-11(12-6-7-13(14)19-12)8-9-2-4-10(5-3-9)16(17)18/h2-7,11,15H,8H2,1H3. The summed E-state index contributed by atoms with van der Waals surface area (Å²) in [6, 6.07) is 11.1. The zero-order valence-electron chi connectivity index (χ0n) is 10.3. The highest BCUT2D eigenvalue weighted by Gasteiger charge is 2.13. The summed E-state index contributed by atoms with van der Waals surface area (Å²) < 4.78 is 1.10. The lowest BCUT2D eigenvalue weighted by Gasteiger charge is -2.14. The zero-order chi connectivity index (χ0) is 13.8. The van der Waals surface area contributed by atoms with Crippen LogP contribution in [0.4, 0.5) is 5.69 Å². The van der Waals surface area contributed by atoms with E-state index >= 15 is 0 Å². The van der Waals surface area contributed by atoms with Gasteiger partial charge in [-0.25, -0.2) is 0 Å². The van der Waals surface area contributed by atoms with Crippen LogP contribution in [0.15, 0.2) is 40.2 Å². The van der Waals surface area contributed by atoms with Gasteiger partial charge in [-0.3, -0.25) is 10.1 Å².